The molecule has 2 N–H and O–H groups in total. The van der Waals surface area contributed by atoms with Crippen LogP contribution >= 0.6 is 23.2 Å². The van der Waals surface area contributed by atoms with Crippen LogP contribution in [0, 0.1) is 11.3 Å². The summed E-state index contributed by atoms with van der Waals surface area (Å²) in [4.78, 5) is 0. The molecule has 0 aromatic heterocycles. The van der Waals surface area contributed by atoms with E-state index in [1.54, 1.807) is 18.2 Å². The van der Waals surface area contributed by atoms with Crippen molar-refractivity contribution in [2.45, 2.75) is 12.5 Å². The van der Waals surface area contributed by atoms with E-state index in [4.69, 9.17) is 34.2 Å². The topological polar surface area (TPSA) is 49.8 Å². The second kappa shape index (κ2) is 4.48. The van der Waals surface area contributed by atoms with Crippen LogP contribution in [-0.4, -0.2) is 0 Å². The molecule has 0 saturated carbocycles. The smallest absolute Gasteiger partial charge is 0.0641 e. The molecule has 0 heterocycles. The Hall–Kier alpha value is -0.750. The lowest BCUT2D eigenvalue weighted by atomic mass is 10.1. The lowest BCUT2D eigenvalue weighted by Crippen LogP contribution is -2.08. The predicted octanol–water partition coefficient (Wildman–Crippen LogP) is 2.91. The van der Waals surface area contributed by atoms with Crippen LogP contribution in [0.4, 0.5) is 0 Å². The van der Waals surface area contributed by atoms with E-state index in [0.29, 0.717) is 10.0 Å². The highest BCUT2D eigenvalue weighted by atomic mass is 35.5. The summed E-state index contributed by atoms with van der Waals surface area (Å²) in [6, 6.07) is 6.84. The molecule has 2 nitrogen and oxygen atoms in total. The van der Waals surface area contributed by atoms with Gasteiger partial charge in [0.2, 0.25) is 0 Å². The zero-order valence-corrected chi connectivity index (χ0v) is 8.31. The van der Waals surface area contributed by atoms with Crippen molar-refractivity contribution < 1.29 is 0 Å². The van der Waals surface area contributed by atoms with Gasteiger partial charge in [0, 0.05) is 6.04 Å². The molecule has 0 aliphatic carbocycles. The van der Waals surface area contributed by atoms with Crippen LogP contribution in [0.3, 0.4) is 0 Å². The van der Waals surface area contributed by atoms with Crippen LogP contribution in [0.25, 0.3) is 0 Å². The Kier molecular flexibility index (Phi) is 3.56. The van der Waals surface area contributed by atoms with E-state index in [1.807, 2.05) is 6.07 Å². The zero-order chi connectivity index (χ0) is 9.84. The molecule has 68 valence electrons. The number of nitrogens with zero attached hydrogens (tertiary/aromatic N) is 1. The molecule has 0 aliphatic heterocycles. The van der Waals surface area contributed by atoms with Gasteiger partial charge in [-0.3, -0.25) is 0 Å². The molecule has 0 spiro atoms. The van der Waals surface area contributed by atoms with Gasteiger partial charge in [0.15, 0.2) is 0 Å². The number of hydrogen-bond donors (Lipinski definition) is 1. The van der Waals surface area contributed by atoms with Gasteiger partial charge in [-0.05, 0) is 17.7 Å². The molecule has 0 unspecified atom stereocenters. The number of hydrogen-bond acceptors (Lipinski definition) is 2. The van der Waals surface area contributed by atoms with E-state index in [1.165, 1.54) is 0 Å². The monoisotopic (exact) mass is 214 g/mol. The highest BCUT2D eigenvalue weighted by Gasteiger charge is 2.06. The summed E-state index contributed by atoms with van der Waals surface area (Å²) in [6.07, 6.45) is 0.276. The number of rotatable bonds is 2. The van der Waals surface area contributed by atoms with E-state index in [2.05, 4.69) is 0 Å². The van der Waals surface area contributed by atoms with Crippen molar-refractivity contribution in [3.8, 4) is 6.07 Å². The van der Waals surface area contributed by atoms with Crippen molar-refractivity contribution in [2.24, 2.45) is 5.73 Å². The normalized spacial score (nSPS) is 12.2. The third kappa shape index (κ3) is 2.60. The minimum atomic E-state index is -0.292. The van der Waals surface area contributed by atoms with Crippen molar-refractivity contribution in [3.63, 3.8) is 0 Å². The molecule has 0 radical (unpaired) electrons. The fraction of sp³-hybridized carbons (Fsp3) is 0.222. The fourth-order valence-electron chi connectivity index (χ4n) is 0.959. The van der Waals surface area contributed by atoms with Crippen molar-refractivity contribution in [3.05, 3.63) is 33.8 Å². The van der Waals surface area contributed by atoms with Gasteiger partial charge >= 0.3 is 0 Å². The molecule has 1 aromatic carbocycles. The molecule has 13 heavy (non-hydrogen) atoms. The molecular weight excluding hydrogens is 207 g/mol. The molecule has 0 aliphatic rings. The largest absolute Gasteiger partial charge is 0.323 e. The van der Waals surface area contributed by atoms with Gasteiger partial charge in [0.05, 0.1) is 22.5 Å². The molecule has 4 heteroatoms. The SMILES string of the molecule is N#CC[C@H](N)c1ccc(Cl)c(Cl)c1. The minimum Gasteiger partial charge on any atom is -0.323 e. The first-order valence-corrected chi connectivity index (χ1v) is 4.48. The number of halogens is 2. The van der Waals surface area contributed by atoms with Crippen LogP contribution in [0.5, 0.6) is 0 Å². The van der Waals surface area contributed by atoms with Gasteiger partial charge in [-0.15, -0.1) is 0 Å². The summed E-state index contributed by atoms with van der Waals surface area (Å²) < 4.78 is 0. The Morgan fingerprint density at radius 2 is 2.08 bits per heavy atom. The third-order valence-corrected chi connectivity index (χ3v) is 2.42. The fourth-order valence-corrected chi connectivity index (χ4v) is 1.27. The average molecular weight is 215 g/mol. The van der Waals surface area contributed by atoms with Crippen molar-refractivity contribution in [1.82, 2.24) is 0 Å². The second-order valence-electron chi connectivity index (χ2n) is 2.64. The number of nitriles is 1. The quantitative estimate of drug-likeness (QED) is 0.824. The molecule has 0 amide bonds. The van der Waals surface area contributed by atoms with Gasteiger partial charge in [0.1, 0.15) is 0 Å². The first-order valence-electron chi connectivity index (χ1n) is 3.72. The van der Waals surface area contributed by atoms with E-state index < -0.39 is 0 Å². The third-order valence-electron chi connectivity index (χ3n) is 1.68. The van der Waals surface area contributed by atoms with Gasteiger partial charge in [-0.2, -0.15) is 5.26 Å². The lowest BCUT2D eigenvalue weighted by Gasteiger charge is -2.08. The summed E-state index contributed by atoms with van der Waals surface area (Å²) >= 11 is 11.5. The van der Waals surface area contributed by atoms with Gasteiger partial charge in [0.25, 0.3) is 0 Å². The van der Waals surface area contributed by atoms with Crippen LogP contribution in [0.1, 0.15) is 18.0 Å². The number of benzene rings is 1. The Morgan fingerprint density at radius 3 is 2.62 bits per heavy atom. The Labute approximate surface area is 86.9 Å². The van der Waals surface area contributed by atoms with Crippen LogP contribution in [0.2, 0.25) is 10.0 Å². The summed E-state index contributed by atoms with van der Waals surface area (Å²) in [6.45, 7) is 0. The molecule has 1 atom stereocenters. The van der Waals surface area contributed by atoms with E-state index in [0.717, 1.165) is 5.56 Å². The molecule has 0 fully saturated rings. The van der Waals surface area contributed by atoms with Gasteiger partial charge in [-0.25, -0.2) is 0 Å². The average Bonchev–Trinajstić information content (AvgIpc) is 2.10. The minimum absolute atomic E-state index is 0.276. The van der Waals surface area contributed by atoms with E-state index >= 15 is 0 Å². The Balaban J connectivity index is 2.91. The Bertz CT molecular complexity index is 344. The molecule has 1 rings (SSSR count). The molecular formula is C9H8Cl2N2. The molecule has 1 aromatic rings. The highest BCUT2D eigenvalue weighted by molar-refractivity contribution is 6.42. The summed E-state index contributed by atoms with van der Waals surface area (Å²) in [5.74, 6) is 0. The second-order valence-corrected chi connectivity index (χ2v) is 3.46. The van der Waals surface area contributed by atoms with Gasteiger partial charge in [-0.1, -0.05) is 29.3 Å². The molecule has 0 bridgehead atoms. The summed E-state index contributed by atoms with van der Waals surface area (Å²) in [7, 11) is 0. The standard InChI is InChI=1S/C9H8Cl2N2/c10-7-2-1-6(5-8(7)11)9(13)3-4-12/h1-2,5,9H,3,13H2/t9-/m0/s1. The first kappa shape index (κ1) is 10.3. The van der Waals surface area contributed by atoms with E-state index in [-0.39, 0.29) is 12.5 Å². The van der Waals surface area contributed by atoms with Crippen LogP contribution in [-0.2, 0) is 0 Å². The van der Waals surface area contributed by atoms with Crippen molar-refractivity contribution >= 4 is 23.2 Å². The maximum absolute atomic E-state index is 8.43. The maximum atomic E-state index is 8.43. The van der Waals surface area contributed by atoms with E-state index in [9.17, 15) is 0 Å². The molecule has 0 saturated heterocycles. The number of nitrogens with two attached hydrogens (primary N) is 1. The first-order chi connectivity index (χ1) is 6.15. The zero-order valence-electron chi connectivity index (χ0n) is 6.80. The summed E-state index contributed by atoms with van der Waals surface area (Å²) in [5.41, 5.74) is 6.53. The Morgan fingerprint density at radius 1 is 1.38 bits per heavy atom. The van der Waals surface area contributed by atoms with Crippen molar-refractivity contribution in [1.29, 1.82) is 5.26 Å². The van der Waals surface area contributed by atoms with Crippen molar-refractivity contribution in [2.75, 3.05) is 0 Å². The van der Waals surface area contributed by atoms with Crippen LogP contribution < -0.4 is 5.73 Å². The van der Waals surface area contributed by atoms with Gasteiger partial charge < -0.3 is 5.73 Å². The summed E-state index contributed by atoms with van der Waals surface area (Å²) in [5, 5.41) is 9.39. The van der Waals surface area contributed by atoms with Crippen LogP contribution in [0.15, 0.2) is 18.2 Å². The highest BCUT2D eigenvalue weighted by Crippen LogP contribution is 2.25. The predicted molar refractivity (Wildman–Crippen MR) is 53.6 cm³/mol. The maximum Gasteiger partial charge on any atom is 0.0641 e. The lowest BCUT2D eigenvalue weighted by molar-refractivity contribution is 0.749.